The number of halogens is 2. The van der Waals surface area contributed by atoms with Crippen molar-refractivity contribution in [2.45, 2.75) is 44.2 Å². The lowest BCUT2D eigenvalue weighted by Crippen LogP contribution is -2.42. The highest BCUT2D eigenvalue weighted by atomic mass is 35.5. The number of nitrogens with one attached hydrogen (secondary N) is 3. The SMILES string of the molecule is O=C(NC1CCCCC1)C1=NCC2NC(Nc3c(Cl)cccc3Cl)=NC2=C1. The number of anilines is 1. The van der Waals surface area contributed by atoms with Crippen molar-refractivity contribution < 1.29 is 4.79 Å². The van der Waals surface area contributed by atoms with Crippen molar-refractivity contribution in [3.05, 3.63) is 40.0 Å². The highest BCUT2D eigenvalue weighted by Gasteiger charge is 2.29. The van der Waals surface area contributed by atoms with Crippen LogP contribution < -0.4 is 16.0 Å². The zero-order valence-electron chi connectivity index (χ0n) is 14.8. The average molecular weight is 406 g/mol. The molecule has 2 aliphatic heterocycles. The minimum absolute atomic E-state index is 0.0556. The molecule has 0 bridgehead atoms. The molecule has 3 aliphatic rings. The lowest BCUT2D eigenvalue weighted by Gasteiger charge is -2.23. The number of dihydropyridines is 1. The normalized spacial score (nSPS) is 22.1. The van der Waals surface area contributed by atoms with Crippen LogP contribution >= 0.6 is 23.2 Å². The fourth-order valence-corrected chi connectivity index (χ4v) is 4.06. The molecule has 4 rings (SSSR count). The van der Waals surface area contributed by atoms with Gasteiger partial charge in [0.2, 0.25) is 5.96 Å². The van der Waals surface area contributed by atoms with Crippen molar-refractivity contribution in [1.82, 2.24) is 10.6 Å². The van der Waals surface area contributed by atoms with Crippen molar-refractivity contribution in [1.29, 1.82) is 0 Å². The van der Waals surface area contributed by atoms with Crippen molar-refractivity contribution >= 4 is 46.5 Å². The lowest BCUT2D eigenvalue weighted by atomic mass is 9.95. The molecule has 0 radical (unpaired) electrons. The van der Waals surface area contributed by atoms with Gasteiger partial charge in [0.15, 0.2) is 0 Å². The third-order valence-electron chi connectivity index (χ3n) is 5.02. The van der Waals surface area contributed by atoms with Crippen LogP contribution in [0.1, 0.15) is 32.1 Å². The van der Waals surface area contributed by atoms with Crippen LogP contribution in [0.25, 0.3) is 0 Å². The van der Waals surface area contributed by atoms with Crippen LogP contribution in [-0.4, -0.2) is 36.2 Å². The topological polar surface area (TPSA) is 77.9 Å². The van der Waals surface area contributed by atoms with Crippen LogP contribution in [0.3, 0.4) is 0 Å². The zero-order chi connectivity index (χ0) is 18.8. The molecule has 3 N–H and O–H groups in total. The molecule has 27 heavy (non-hydrogen) atoms. The lowest BCUT2D eigenvalue weighted by molar-refractivity contribution is -0.115. The predicted molar refractivity (Wildman–Crippen MR) is 110 cm³/mol. The predicted octanol–water partition coefficient (Wildman–Crippen LogP) is 3.52. The Kier molecular flexibility index (Phi) is 5.36. The fourth-order valence-electron chi connectivity index (χ4n) is 3.57. The van der Waals surface area contributed by atoms with E-state index in [0.29, 0.717) is 33.9 Å². The van der Waals surface area contributed by atoms with Gasteiger partial charge in [-0.3, -0.25) is 9.79 Å². The largest absolute Gasteiger partial charge is 0.348 e. The molecule has 1 aromatic carbocycles. The number of nitrogens with zero attached hydrogens (tertiary/aromatic N) is 2. The summed E-state index contributed by atoms with van der Waals surface area (Å²) in [7, 11) is 0. The van der Waals surface area contributed by atoms with Crippen LogP contribution in [0, 0.1) is 0 Å². The number of amides is 1. The second-order valence-corrected chi connectivity index (χ2v) is 7.80. The van der Waals surface area contributed by atoms with E-state index in [0.717, 1.165) is 18.5 Å². The van der Waals surface area contributed by atoms with Crippen molar-refractivity contribution in [3.8, 4) is 0 Å². The summed E-state index contributed by atoms with van der Waals surface area (Å²) in [6, 6.07) is 5.51. The van der Waals surface area contributed by atoms with Gasteiger partial charge in [0.25, 0.3) is 5.91 Å². The summed E-state index contributed by atoms with van der Waals surface area (Å²) in [5.41, 5.74) is 1.82. The Bertz CT molecular complexity index is 822. The first kappa shape index (κ1) is 18.3. The highest BCUT2D eigenvalue weighted by molar-refractivity contribution is 6.44. The fraction of sp³-hybridized carbons (Fsp3) is 0.421. The minimum Gasteiger partial charge on any atom is -0.348 e. The Morgan fingerprint density at radius 1 is 1.15 bits per heavy atom. The molecule has 1 amide bonds. The van der Waals surface area contributed by atoms with Gasteiger partial charge in [0, 0.05) is 6.04 Å². The third-order valence-corrected chi connectivity index (χ3v) is 5.65. The van der Waals surface area contributed by atoms with Gasteiger partial charge >= 0.3 is 0 Å². The van der Waals surface area contributed by atoms with E-state index in [4.69, 9.17) is 23.2 Å². The Morgan fingerprint density at radius 3 is 2.63 bits per heavy atom. The van der Waals surface area contributed by atoms with Gasteiger partial charge in [0.1, 0.15) is 5.71 Å². The van der Waals surface area contributed by atoms with Crippen LogP contribution in [0.15, 0.2) is 40.0 Å². The number of carbonyl (C=O) groups is 1. The van der Waals surface area contributed by atoms with E-state index < -0.39 is 0 Å². The van der Waals surface area contributed by atoms with Crippen LogP contribution in [0.2, 0.25) is 10.0 Å². The molecular formula is C19H21Cl2N5O. The van der Waals surface area contributed by atoms with E-state index in [1.54, 1.807) is 24.3 Å². The maximum Gasteiger partial charge on any atom is 0.269 e. The minimum atomic E-state index is -0.112. The summed E-state index contributed by atoms with van der Waals surface area (Å²) in [6.07, 6.45) is 7.45. The molecule has 1 aromatic rings. The number of aliphatic imine (C=N–C) groups is 2. The molecule has 2 heterocycles. The summed E-state index contributed by atoms with van der Waals surface area (Å²) in [6.45, 7) is 0.462. The summed E-state index contributed by atoms with van der Waals surface area (Å²) in [5.74, 6) is 0.434. The number of guanidine groups is 1. The third kappa shape index (κ3) is 4.12. The van der Waals surface area contributed by atoms with E-state index in [1.807, 2.05) is 0 Å². The second-order valence-electron chi connectivity index (χ2n) is 6.98. The molecule has 1 aliphatic carbocycles. The molecular weight excluding hydrogens is 385 g/mol. The molecule has 0 aromatic heterocycles. The molecule has 0 spiro atoms. The van der Waals surface area contributed by atoms with Gasteiger partial charge in [-0.2, -0.15) is 0 Å². The van der Waals surface area contributed by atoms with E-state index in [1.165, 1.54) is 19.3 Å². The van der Waals surface area contributed by atoms with Gasteiger partial charge in [0.05, 0.1) is 34.0 Å². The summed E-state index contributed by atoms with van der Waals surface area (Å²) in [4.78, 5) is 21.5. The molecule has 1 saturated carbocycles. The first-order valence-corrected chi connectivity index (χ1v) is 9.99. The van der Waals surface area contributed by atoms with E-state index >= 15 is 0 Å². The van der Waals surface area contributed by atoms with Crippen LogP contribution in [0.4, 0.5) is 5.69 Å². The molecule has 6 nitrogen and oxygen atoms in total. The molecule has 1 unspecified atom stereocenters. The molecule has 142 valence electrons. The van der Waals surface area contributed by atoms with Gasteiger partial charge in [-0.25, -0.2) is 4.99 Å². The number of carbonyl (C=O) groups excluding carboxylic acids is 1. The van der Waals surface area contributed by atoms with E-state index in [2.05, 4.69) is 25.9 Å². The van der Waals surface area contributed by atoms with Crippen molar-refractivity contribution in [2.24, 2.45) is 9.98 Å². The maximum absolute atomic E-state index is 12.5. The summed E-state index contributed by atoms with van der Waals surface area (Å²) in [5, 5.41) is 10.5. The number of hydrogen-bond acceptors (Lipinski definition) is 5. The van der Waals surface area contributed by atoms with Gasteiger partial charge in [-0.05, 0) is 31.1 Å². The second kappa shape index (κ2) is 7.90. The van der Waals surface area contributed by atoms with E-state index in [9.17, 15) is 4.79 Å². The quantitative estimate of drug-likeness (QED) is 0.719. The molecule has 0 saturated heterocycles. The van der Waals surface area contributed by atoms with Gasteiger partial charge in [-0.15, -0.1) is 0 Å². The molecule has 1 fully saturated rings. The highest BCUT2D eigenvalue weighted by Crippen LogP contribution is 2.30. The number of benzene rings is 1. The number of fused-ring (bicyclic) bond motifs is 1. The van der Waals surface area contributed by atoms with Crippen molar-refractivity contribution in [2.75, 3.05) is 11.9 Å². The standard InChI is InChI=1S/C19H21Cl2N5O/c20-12-7-4-8-13(21)17(12)26-19-24-14-9-15(22-10-16(14)25-19)18(27)23-11-5-2-1-3-6-11/h4,7-9,11,16H,1-3,5-6,10H2,(H,23,27)(H2,24,25,26). The van der Waals surface area contributed by atoms with Gasteiger partial charge < -0.3 is 16.0 Å². The molecule has 1 atom stereocenters. The number of hydrogen-bond donors (Lipinski definition) is 3. The molecule has 8 heteroatoms. The Balaban J connectivity index is 1.44. The maximum atomic E-state index is 12.5. The first-order valence-electron chi connectivity index (χ1n) is 9.23. The van der Waals surface area contributed by atoms with Crippen LogP contribution in [0.5, 0.6) is 0 Å². The van der Waals surface area contributed by atoms with Crippen LogP contribution in [-0.2, 0) is 4.79 Å². The smallest absolute Gasteiger partial charge is 0.269 e. The monoisotopic (exact) mass is 405 g/mol. The van der Waals surface area contributed by atoms with E-state index in [-0.39, 0.29) is 18.0 Å². The Hall–Kier alpha value is -2.05. The Labute approximate surface area is 168 Å². The average Bonchev–Trinajstić information content (AvgIpc) is 3.07. The zero-order valence-corrected chi connectivity index (χ0v) is 16.3. The Morgan fingerprint density at radius 2 is 1.89 bits per heavy atom. The number of rotatable bonds is 3. The summed E-state index contributed by atoms with van der Waals surface area (Å²) >= 11 is 12.4. The first-order chi connectivity index (χ1) is 13.1. The summed E-state index contributed by atoms with van der Waals surface area (Å²) < 4.78 is 0. The van der Waals surface area contributed by atoms with Gasteiger partial charge in [-0.1, -0.05) is 48.5 Å². The van der Waals surface area contributed by atoms with Crippen molar-refractivity contribution in [3.63, 3.8) is 0 Å². The number of para-hydroxylation sites is 1.